The smallest absolute Gasteiger partial charge is 0.441 e. The highest BCUT2D eigenvalue weighted by molar-refractivity contribution is 7.89. The Morgan fingerprint density at radius 3 is 2.72 bits per heavy atom. The number of hydrogen-bond donors (Lipinski definition) is 0. The normalized spacial score (nSPS) is 16.3. The van der Waals surface area contributed by atoms with Crippen molar-refractivity contribution in [1.29, 1.82) is 0 Å². The second-order valence-electron chi connectivity index (χ2n) is 4.97. The number of halogens is 1. The first-order valence-corrected chi connectivity index (χ1v) is 9.93. The summed E-state index contributed by atoms with van der Waals surface area (Å²) in [5.74, 6) is 0.850. The number of ether oxygens (including phenoxy) is 1. The maximum absolute atomic E-state index is 12.0. The molecular formula is C18H22ClN3O2S. The summed E-state index contributed by atoms with van der Waals surface area (Å²) in [6.07, 6.45) is 2.17. The highest BCUT2D eigenvalue weighted by Gasteiger charge is 2.20. The van der Waals surface area contributed by atoms with Gasteiger partial charge in [0, 0.05) is 23.2 Å². The summed E-state index contributed by atoms with van der Waals surface area (Å²) in [5, 5.41) is 0.451. The average Bonchev–Trinajstić information content (AvgIpc) is 3.11. The quantitative estimate of drug-likeness (QED) is 0.702. The van der Waals surface area contributed by atoms with Crippen molar-refractivity contribution in [3.8, 4) is 0 Å². The number of carbonyl (C=O) groups is 1. The van der Waals surface area contributed by atoms with Gasteiger partial charge in [0.1, 0.15) is 11.8 Å². The van der Waals surface area contributed by atoms with Gasteiger partial charge in [-0.25, -0.2) is 9.78 Å². The maximum Gasteiger partial charge on any atom is 0.441 e. The van der Waals surface area contributed by atoms with Crippen LogP contribution in [0, 0.1) is 0 Å². The Hall–Kier alpha value is -1.92. The van der Waals surface area contributed by atoms with E-state index >= 15 is 0 Å². The molecule has 25 heavy (non-hydrogen) atoms. The third-order valence-corrected chi connectivity index (χ3v) is 5.47. The molecule has 1 unspecified atom stereocenters. The first-order valence-electron chi connectivity index (χ1n) is 8.25. The summed E-state index contributed by atoms with van der Waals surface area (Å²) in [7, 11) is -0.510. The monoisotopic (exact) mass is 379 g/mol. The first-order chi connectivity index (χ1) is 12.2. The Morgan fingerprint density at radius 1 is 1.28 bits per heavy atom. The van der Waals surface area contributed by atoms with E-state index < -0.39 is 17.0 Å². The van der Waals surface area contributed by atoms with Gasteiger partial charge < -0.3 is 9.04 Å². The Bertz CT molecular complexity index is 708. The van der Waals surface area contributed by atoms with Crippen molar-refractivity contribution in [2.75, 3.05) is 16.6 Å². The second kappa shape index (κ2) is 10.2. The predicted molar refractivity (Wildman–Crippen MR) is 104 cm³/mol. The van der Waals surface area contributed by atoms with Crippen molar-refractivity contribution in [2.24, 2.45) is 4.36 Å². The zero-order valence-electron chi connectivity index (χ0n) is 14.4. The lowest BCUT2D eigenvalue weighted by Gasteiger charge is -2.18. The van der Waals surface area contributed by atoms with Gasteiger partial charge in [-0.1, -0.05) is 55.8 Å². The number of amides is 1. The number of aromatic nitrogens is 1. The lowest BCUT2D eigenvalue weighted by molar-refractivity contribution is 0.151. The molecule has 1 fully saturated rings. The lowest BCUT2D eigenvalue weighted by atomic mass is 10.2. The van der Waals surface area contributed by atoms with Gasteiger partial charge in [-0.05, 0) is 24.1 Å². The van der Waals surface area contributed by atoms with E-state index in [2.05, 4.69) is 13.7 Å². The van der Waals surface area contributed by atoms with Crippen LogP contribution in [-0.2, 0) is 22.2 Å². The SMILES string of the molecule is CC.O=C(/N=S1\CCCN1c1ccc(Cl)nc1)OCc1ccccc1. The largest absolute Gasteiger partial charge is 0.443 e. The fourth-order valence-electron chi connectivity index (χ4n) is 2.25. The van der Waals surface area contributed by atoms with Gasteiger partial charge in [0.2, 0.25) is 0 Å². The van der Waals surface area contributed by atoms with Crippen LogP contribution in [0.15, 0.2) is 53.0 Å². The van der Waals surface area contributed by atoms with Gasteiger partial charge in [0.15, 0.2) is 0 Å². The average molecular weight is 380 g/mol. The molecule has 0 bridgehead atoms. The third-order valence-electron chi connectivity index (χ3n) is 3.33. The number of benzene rings is 1. The van der Waals surface area contributed by atoms with Crippen LogP contribution in [0.3, 0.4) is 0 Å². The maximum atomic E-state index is 12.0. The minimum atomic E-state index is -0.522. The molecule has 0 aliphatic carbocycles. The molecule has 1 amide bonds. The fraction of sp³-hybridized carbons (Fsp3) is 0.333. The Balaban J connectivity index is 0.00000109. The number of hydrogen-bond acceptors (Lipinski definition) is 3. The van der Waals surface area contributed by atoms with Gasteiger partial charge in [-0.2, -0.15) is 0 Å². The second-order valence-corrected chi connectivity index (χ2v) is 7.07. The number of carbonyl (C=O) groups excluding carboxylic acids is 1. The minimum Gasteiger partial charge on any atom is -0.443 e. The summed E-state index contributed by atoms with van der Waals surface area (Å²) in [6.45, 7) is 5.09. The molecule has 2 heterocycles. The molecule has 1 saturated heterocycles. The number of nitrogens with zero attached hydrogens (tertiary/aromatic N) is 3. The molecule has 1 aromatic carbocycles. The first kappa shape index (κ1) is 19.4. The van der Waals surface area contributed by atoms with Crippen LogP contribution in [0.2, 0.25) is 5.15 Å². The molecule has 2 aromatic rings. The lowest BCUT2D eigenvalue weighted by Crippen LogP contribution is -2.20. The van der Waals surface area contributed by atoms with Crippen LogP contribution < -0.4 is 4.31 Å². The molecular weight excluding hydrogens is 358 g/mol. The molecule has 0 saturated carbocycles. The zero-order chi connectivity index (χ0) is 18.1. The predicted octanol–water partition coefficient (Wildman–Crippen LogP) is 5.03. The fourth-order valence-corrected chi connectivity index (χ4v) is 4.07. The van der Waals surface area contributed by atoms with Gasteiger partial charge >= 0.3 is 6.09 Å². The highest BCUT2D eigenvalue weighted by atomic mass is 35.5. The van der Waals surface area contributed by atoms with Crippen LogP contribution in [0.4, 0.5) is 10.5 Å². The van der Waals surface area contributed by atoms with E-state index in [-0.39, 0.29) is 6.61 Å². The molecule has 5 nitrogen and oxygen atoms in total. The van der Waals surface area contributed by atoms with Crippen LogP contribution in [-0.4, -0.2) is 23.4 Å². The summed E-state index contributed by atoms with van der Waals surface area (Å²) < 4.78 is 11.5. The van der Waals surface area contributed by atoms with E-state index in [1.807, 2.05) is 50.2 Å². The van der Waals surface area contributed by atoms with Crippen LogP contribution in [0.1, 0.15) is 25.8 Å². The van der Waals surface area contributed by atoms with E-state index in [4.69, 9.17) is 16.3 Å². The molecule has 7 heteroatoms. The van der Waals surface area contributed by atoms with E-state index in [9.17, 15) is 4.79 Å². The number of rotatable bonds is 3. The Kier molecular flexibility index (Phi) is 7.88. The van der Waals surface area contributed by atoms with E-state index in [1.54, 1.807) is 12.3 Å². The summed E-state index contributed by atoms with van der Waals surface area (Å²) in [6, 6.07) is 13.2. The molecule has 134 valence electrons. The van der Waals surface area contributed by atoms with Crippen LogP contribution in [0.5, 0.6) is 0 Å². The molecule has 1 aliphatic heterocycles. The van der Waals surface area contributed by atoms with E-state index in [0.29, 0.717) is 5.15 Å². The topological polar surface area (TPSA) is 54.8 Å². The Morgan fingerprint density at radius 2 is 2.04 bits per heavy atom. The van der Waals surface area contributed by atoms with Crippen molar-refractivity contribution in [1.82, 2.24) is 4.98 Å². The van der Waals surface area contributed by atoms with Crippen molar-refractivity contribution >= 4 is 34.3 Å². The van der Waals surface area contributed by atoms with Gasteiger partial charge in [-0.3, -0.25) is 0 Å². The number of pyridine rings is 1. The van der Waals surface area contributed by atoms with Crippen LogP contribution in [0.25, 0.3) is 0 Å². The molecule has 0 spiro atoms. The van der Waals surface area contributed by atoms with E-state index in [0.717, 1.165) is 30.0 Å². The van der Waals surface area contributed by atoms with Gasteiger partial charge in [-0.15, -0.1) is 4.36 Å². The zero-order valence-corrected chi connectivity index (χ0v) is 16.0. The van der Waals surface area contributed by atoms with Gasteiger partial charge in [0.25, 0.3) is 0 Å². The molecule has 3 rings (SSSR count). The molecule has 1 aromatic heterocycles. The van der Waals surface area contributed by atoms with Crippen molar-refractivity contribution in [3.05, 3.63) is 59.4 Å². The van der Waals surface area contributed by atoms with Crippen molar-refractivity contribution in [2.45, 2.75) is 26.9 Å². The molecule has 0 radical (unpaired) electrons. The molecule has 1 atom stereocenters. The highest BCUT2D eigenvalue weighted by Crippen LogP contribution is 2.23. The summed E-state index contributed by atoms with van der Waals surface area (Å²) >= 11 is 5.81. The molecule has 1 aliphatic rings. The van der Waals surface area contributed by atoms with Gasteiger partial charge in [0.05, 0.1) is 11.9 Å². The standard InChI is InChI=1S/C16H16ClN3O2S.C2H6/c17-15-8-7-14(11-18-15)20-9-4-10-23(20)19-16(21)22-12-13-5-2-1-3-6-13;1-2/h1-3,5-8,11H,4,9-10,12H2;1-2H3. The van der Waals surface area contributed by atoms with E-state index in [1.165, 1.54) is 0 Å². The summed E-state index contributed by atoms with van der Waals surface area (Å²) in [4.78, 5) is 16.0. The minimum absolute atomic E-state index is 0.239. The van der Waals surface area contributed by atoms with Crippen molar-refractivity contribution < 1.29 is 9.53 Å². The third kappa shape index (κ3) is 5.83. The number of anilines is 1. The van der Waals surface area contributed by atoms with Crippen molar-refractivity contribution in [3.63, 3.8) is 0 Å². The Labute approximate surface area is 156 Å². The van der Waals surface area contributed by atoms with Crippen LogP contribution >= 0.6 is 11.6 Å². The summed E-state index contributed by atoms with van der Waals surface area (Å²) in [5.41, 5.74) is 1.87. The molecule has 0 N–H and O–H groups in total.